The molecule has 0 aliphatic rings. The zero-order valence-corrected chi connectivity index (χ0v) is 12.3. The zero-order valence-electron chi connectivity index (χ0n) is 11.5. The Hall–Kier alpha value is -2.01. The summed E-state index contributed by atoms with van der Waals surface area (Å²) in [6, 6.07) is 13.6. The normalized spacial score (nSPS) is 10.1. The molecule has 0 saturated heterocycles. The van der Waals surface area contributed by atoms with E-state index in [-0.39, 0.29) is 5.91 Å². The average Bonchev–Trinajstić information content (AvgIpc) is 2.41. The van der Waals surface area contributed by atoms with Gasteiger partial charge in [0.15, 0.2) is 0 Å². The van der Waals surface area contributed by atoms with Crippen LogP contribution in [0.25, 0.3) is 0 Å². The first kappa shape index (κ1) is 14.4. The SMILES string of the molecule is CCNc1cccc(Sc2ccc(NC(C)=O)cc2)n1. The topological polar surface area (TPSA) is 54.0 Å². The van der Waals surface area contributed by atoms with Crippen molar-refractivity contribution >= 4 is 29.2 Å². The minimum atomic E-state index is -0.0644. The van der Waals surface area contributed by atoms with Crippen LogP contribution in [-0.2, 0) is 4.79 Å². The van der Waals surface area contributed by atoms with Gasteiger partial charge in [-0.15, -0.1) is 0 Å². The Kier molecular flexibility index (Phi) is 5.01. The Balaban J connectivity index is 2.05. The highest BCUT2D eigenvalue weighted by Gasteiger charge is 2.01. The molecule has 1 heterocycles. The number of rotatable bonds is 5. The molecule has 1 aromatic heterocycles. The summed E-state index contributed by atoms with van der Waals surface area (Å²) in [4.78, 5) is 16.5. The third-order valence-corrected chi connectivity index (χ3v) is 3.42. The van der Waals surface area contributed by atoms with Gasteiger partial charge < -0.3 is 10.6 Å². The minimum Gasteiger partial charge on any atom is -0.370 e. The van der Waals surface area contributed by atoms with Crippen molar-refractivity contribution < 1.29 is 4.79 Å². The number of carbonyl (C=O) groups excluding carboxylic acids is 1. The smallest absolute Gasteiger partial charge is 0.221 e. The number of amides is 1. The lowest BCUT2D eigenvalue weighted by molar-refractivity contribution is -0.114. The standard InChI is InChI=1S/C15H17N3OS/c1-3-16-14-5-4-6-15(18-14)20-13-9-7-12(8-10-13)17-11(2)19/h4-10H,3H2,1-2H3,(H,16,18)(H,17,19). The molecule has 5 heteroatoms. The van der Waals surface area contributed by atoms with Gasteiger partial charge in [0, 0.05) is 24.1 Å². The summed E-state index contributed by atoms with van der Waals surface area (Å²) in [6.45, 7) is 4.40. The summed E-state index contributed by atoms with van der Waals surface area (Å²) in [6.07, 6.45) is 0. The summed E-state index contributed by atoms with van der Waals surface area (Å²) in [5, 5.41) is 6.88. The molecule has 0 radical (unpaired) electrons. The molecular formula is C15H17N3OS. The lowest BCUT2D eigenvalue weighted by Crippen LogP contribution is -2.05. The van der Waals surface area contributed by atoms with Crippen molar-refractivity contribution in [3.05, 3.63) is 42.5 Å². The van der Waals surface area contributed by atoms with Gasteiger partial charge >= 0.3 is 0 Å². The molecule has 2 N–H and O–H groups in total. The third-order valence-electron chi connectivity index (χ3n) is 2.48. The van der Waals surface area contributed by atoms with Gasteiger partial charge in [0.25, 0.3) is 0 Å². The van der Waals surface area contributed by atoms with Crippen LogP contribution < -0.4 is 10.6 Å². The first-order chi connectivity index (χ1) is 9.67. The number of carbonyl (C=O) groups is 1. The minimum absolute atomic E-state index is 0.0644. The molecule has 2 rings (SSSR count). The fourth-order valence-electron chi connectivity index (χ4n) is 1.68. The van der Waals surface area contributed by atoms with E-state index in [0.717, 1.165) is 28.0 Å². The van der Waals surface area contributed by atoms with E-state index in [1.807, 2.05) is 49.4 Å². The number of nitrogens with zero attached hydrogens (tertiary/aromatic N) is 1. The first-order valence-corrected chi connectivity index (χ1v) is 7.25. The van der Waals surface area contributed by atoms with Gasteiger partial charge in [-0.25, -0.2) is 4.98 Å². The van der Waals surface area contributed by atoms with Crippen molar-refractivity contribution in [1.82, 2.24) is 4.98 Å². The predicted molar refractivity (Wildman–Crippen MR) is 83.3 cm³/mol. The van der Waals surface area contributed by atoms with Crippen molar-refractivity contribution in [3.8, 4) is 0 Å². The monoisotopic (exact) mass is 287 g/mol. The van der Waals surface area contributed by atoms with Crippen LogP contribution in [0, 0.1) is 0 Å². The van der Waals surface area contributed by atoms with Gasteiger partial charge in [0.1, 0.15) is 10.8 Å². The molecule has 20 heavy (non-hydrogen) atoms. The quantitative estimate of drug-likeness (QED) is 0.882. The van der Waals surface area contributed by atoms with Gasteiger partial charge in [0.05, 0.1) is 0 Å². The van der Waals surface area contributed by atoms with E-state index in [4.69, 9.17) is 0 Å². The molecule has 0 saturated carbocycles. The van der Waals surface area contributed by atoms with E-state index in [0.29, 0.717) is 0 Å². The Morgan fingerprint density at radius 3 is 2.60 bits per heavy atom. The van der Waals surface area contributed by atoms with Crippen molar-refractivity contribution in [3.63, 3.8) is 0 Å². The zero-order chi connectivity index (χ0) is 14.4. The molecule has 0 bridgehead atoms. The van der Waals surface area contributed by atoms with Crippen molar-refractivity contribution in [2.45, 2.75) is 23.8 Å². The molecule has 2 aromatic rings. The van der Waals surface area contributed by atoms with Gasteiger partial charge in [0.2, 0.25) is 5.91 Å². The van der Waals surface area contributed by atoms with Crippen molar-refractivity contribution in [2.75, 3.05) is 17.2 Å². The van der Waals surface area contributed by atoms with Gasteiger partial charge in [-0.3, -0.25) is 4.79 Å². The van der Waals surface area contributed by atoms with Crippen LogP contribution >= 0.6 is 11.8 Å². The summed E-state index contributed by atoms with van der Waals surface area (Å²) in [7, 11) is 0. The lowest BCUT2D eigenvalue weighted by atomic mass is 10.3. The van der Waals surface area contributed by atoms with E-state index in [1.54, 1.807) is 11.8 Å². The van der Waals surface area contributed by atoms with E-state index in [2.05, 4.69) is 15.6 Å². The highest BCUT2D eigenvalue weighted by atomic mass is 32.2. The van der Waals surface area contributed by atoms with Crippen LogP contribution in [0.1, 0.15) is 13.8 Å². The van der Waals surface area contributed by atoms with E-state index in [9.17, 15) is 4.79 Å². The van der Waals surface area contributed by atoms with Gasteiger partial charge in [-0.05, 0) is 43.3 Å². The summed E-state index contributed by atoms with van der Waals surface area (Å²) >= 11 is 1.59. The number of pyridine rings is 1. The second-order valence-electron chi connectivity index (χ2n) is 4.20. The number of anilines is 2. The van der Waals surface area contributed by atoms with Crippen molar-refractivity contribution in [2.24, 2.45) is 0 Å². The molecule has 0 fully saturated rings. The van der Waals surface area contributed by atoms with E-state index < -0.39 is 0 Å². The molecule has 0 aliphatic carbocycles. The molecule has 1 aromatic carbocycles. The second-order valence-corrected chi connectivity index (χ2v) is 5.29. The number of hydrogen-bond acceptors (Lipinski definition) is 4. The molecule has 0 unspecified atom stereocenters. The average molecular weight is 287 g/mol. The number of nitrogens with one attached hydrogen (secondary N) is 2. The Bertz CT molecular complexity index is 584. The first-order valence-electron chi connectivity index (χ1n) is 6.44. The van der Waals surface area contributed by atoms with Crippen LogP contribution in [-0.4, -0.2) is 17.4 Å². The molecule has 0 spiro atoms. The highest BCUT2D eigenvalue weighted by molar-refractivity contribution is 7.99. The summed E-state index contributed by atoms with van der Waals surface area (Å²) in [5.74, 6) is 0.817. The van der Waals surface area contributed by atoms with Crippen LogP contribution in [0.4, 0.5) is 11.5 Å². The Morgan fingerprint density at radius 2 is 1.95 bits per heavy atom. The molecule has 0 aliphatic heterocycles. The van der Waals surface area contributed by atoms with Crippen molar-refractivity contribution in [1.29, 1.82) is 0 Å². The van der Waals surface area contributed by atoms with Crippen LogP contribution in [0.2, 0.25) is 0 Å². The third kappa shape index (κ3) is 4.28. The van der Waals surface area contributed by atoms with Crippen LogP contribution in [0.5, 0.6) is 0 Å². The second kappa shape index (κ2) is 6.96. The predicted octanol–water partition coefficient (Wildman–Crippen LogP) is 3.62. The number of aromatic nitrogens is 1. The Morgan fingerprint density at radius 1 is 1.20 bits per heavy atom. The highest BCUT2D eigenvalue weighted by Crippen LogP contribution is 2.27. The summed E-state index contributed by atoms with van der Waals surface area (Å²) in [5.41, 5.74) is 0.802. The fraction of sp³-hybridized carbons (Fsp3) is 0.200. The molecule has 1 amide bonds. The molecule has 4 nitrogen and oxygen atoms in total. The Labute approximate surface area is 123 Å². The lowest BCUT2D eigenvalue weighted by Gasteiger charge is -2.06. The number of hydrogen-bond donors (Lipinski definition) is 2. The molecular weight excluding hydrogens is 270 g/mol. The molecule has 104 valence electrons. The van der Waals surface area contributed by atoms with E-state index >= 15 is 0 Å². The largest absolute Gasteiger partial charge is 0.370 e. The molecule has 0 atom stereocenters. The van der Waals surface area contributed by atoms with Gasteiger partial charge in [-0.2, -0.15) is 0 Å². The number of benzene rings is 1. The maximum absolute atomic E-state index is 11.0. The fourth-order valence-corrected chi connectivity index (χ4v) is 2.49. The maximum Gasteiger partial charge on any atom is 0.221 e. The summed E-state index contributed by atoms with van der Waals surface area (Å²) < 4.78 is 0. The van der Waals surface area contributed by atoms with Gasteiger partial charge in [-0.1, -0.05) is 17.8 Å². The van der Waals surface area contributed by atoms with Crippen LogP contribution in [0.3, 0.4) is 0 Å². The maximum atomic E-state index is 11.0. The van der Waals surface area contributed by atoms with E-state index in [1.165, 1.54) is 6.92 Å². The van der Waals surface area contributed by atoms with Crippen LogP contribution in [0.15, 0.2) is 52.4 Å².